The van der Waals surface area contributed by atoms with Crippen LogP contribution in [0.25, 0.3) is 0 Å². The van der Waals surface area contributed by atoms with E-state index in [2.05, 4.69) is 27.7 Å². The summed E-state index contributed by atoms with van der Waals surface area (Å²) in [6, 6.07) is 0. The van der Waals surface area contributed by atoms with Crippen molar-refractivity contribution >= 4 is 43.1 Å². The average Bonchev–Trinajstić information content (AvgIpc) is 3.09. The molecular formula is C42H76O8Sn. The van der Waals surface area contributed by atoms with E-state index < -0.39 is 43.1 Å². The van der Waals surface area contributed by atoms with E-state index in [0.29, 0.717) is 22.1 Å². The molecule has 0 rings (SSSR count). The molecule has 0 N–H and O–H groups in total. The zero-order valence-electron chi connectivity index (χ0n) is 33.6. The summed E-state index contributed by atoms with van der Waals surface area (Å²) in [5.74, 6) is -1.02. The molecule has 0 radical (unpaired) electrons. The predicted octanol–water partition coefficient (Wildman–Crippen LogP) is 11.6. The third kappa shape index (κ3) is 32.5. The average molecular weight is 828 g/mol. The molecule has 0 spiro atoms. The van der Waals surface area contributed by atoms with Gasteiger partial charge in [0.25, 0.3) is 0 Å². The Bertz CT molecular complexity index is 883. The number of rotatable bonds is 34. The first-order valence-corrected chi connectivity index (χ1v) is 27.1. The van der Waals surface area contributed by atoms with E-state index in [0.717, 1.165) is 100 Å². The fraction of sp³-hybridized carbons (Fsp3) is 0.810. The first-order valence-electron chi connectivity index (χ1n) is 20.7. The molecule has 0 fully saturated rings. The number of hydrogen-bond donors (Lipinski definition) is 0. The van der Waals surface area contributed by atoms with E-state index in [9.17, 15) is 19.2 Å². The van der Waals surface area contributed by atoms with Crippen molar-refractivity contribution < 1.29 is 34.8 Å². The minimum atomic E-state index is -4.27. The summed E-state index contributed by atoms with van der Waals surface area (Å²) in [4.78, 5) is 50.2. The Hall–Kier alpha value is -1.84. The van der Waals surface area contributed by atoms with Crippen molar-refractivity contribution in [2.75, 3.05) is 13.2 Å². The second-order valence-corrected chi connectivity index (χ2v) is 24.2. The molecule has 0 aromatic heterocycles. The Labute approximate surface area is 317 Å². The van der Waals surface area contributed by atoms with Gasteiger partial charge in [-0.2, -0.15) is 0 Å². The van der Waals surface area contributed by atoms with E-state index in [4.69, 9.17) is 15.6 Å². The minimum absolute atomic E-state index is 0.313. The quantitative estimate of drug-likeness (QED) is 0.0273. The van der Waals surface area contributed by atoms with Gasteiger partial charge in [0.15, 0.2) is 0 Å². The van der Waals surface area contributed by atoms with Gasteiger partial charge in [-0.05, 0) is 11.8 Å². The van der Waals surface area contributed by atoms with Crippen molar-refractivity contribution in [2.45, 2.75) is 192 Å². The Balaban J connectivity index is 4.62. The van der Waals surface area contributed by atoms with Gasteiger partial charge >= 0.3 is 228 Å². The van der Waals surface area contributed by atoms with E-state index in [1.807, 2.05) is 13.8 Å². The summed E-state index contributed by atoms with van der Waals surface area (Å²) in [7, 11) is 0. The molecule has 296 valence electrons. The van der Waals surface area contributed by atoms with Gasteiger partial charge in [-0.25, -0.2) is 0 Å². The maximum absolute atomic E-state index is 12.9. The monoisotopic (exact) mass is 828 g/mol. The first kappa shape index (κ1) is 49.2. The SMILES string of the molecule is CCC[CH2][Sn]([CH2]CCC)([O]C(=O)/C=C/C(=O)OCCCCCCCCCCC(C)C)[O]C(=O)/C=C/C(=O)OCCCCCCCCCCC(C)C. The van der Waals surface area contributed by atoms with Crippen LogP contribution in [0.5, 0.6) is 0 Å². The molecule has 0 atom stereocenters. The molecule has 51 heavy (non-hydrogen) atoms. The molecular weight excluding hydrogens is 751 g/mol. The van der Waals surface area contributed by atoms with E-state index in [1.54, 1.807) is 0 Å². The molecule has 0 aliphatic heterocycles. The Kier molecular flexibility index (Phi) is 32.7. The third-order valence-electron chi connectivity index (χ3n) is 8.95. The van der Waals surface area contributed by atoms with Crippen molar-refractivity contribution in [3.8, 4) is 0 Å². The molecule has 8 nitrogen and oxygen atoms in total. The minimum Gasteiger partial charge on any atom is -0.0628 e. The molecule has 0 aromatic carbocycles. The van der Waals surface area contributed by atoms with Crippen LogP contribution in [0.4, 0.5) is 0 Å². The van der Waals surface area contributed by atoms with Crippen LogP contribution in [0.1, 0.15) is 183 Å². The second kappa shape index (κ2) is 34.0. The van der Waals surface area contributed by atoms with Gasteiger partial charge in [0.1, 0.15) is 0 Å². The van der Waals surface area contributed by atoms with E-state index in [1.165, 1.54) is 77.0 Å². The molecule has 9 heteroatoms. The van der Waals surface area contributed by atoms with Crippen molar-refractivity contribution in [1.29, 1.82) is 0 Å². The van der Waals surface area contributed by atoms with E-state index in [-0.39, 0.29) is 0 Å². The van der Waals surface area contributed by atoms with Crippen molar-refractivity contribution in [1.82, 2.24) is 0 Å². The molecule has 0 aliphatic rings. The van der Waals surface area contributed by atoms with Crippen LogP contribution in [0, 0.1) is 11.8 Å². The first-order chi connectivity index (χ1) is 24.5. The van der Waals surface area contributed by atoms with Gasteiger partial charge in [-0.15, -0.1) is 0 Å². The van der Waals surface area contributed by atoms with Gasteiger partial charge < -0.3 is 0 Å². The van der Waals surface area contributed by atoms with Crippen LogP contribution in [-0.4, -0.2) is 56.3 Å². The van der Waals surface area contributed by atoms with Crippen molar-refractivity contribution in [3.63, 3.8) is 0 Å². The smallest absolute Gasteiger partial charge is 0.0628 e. The Morgan fingerprint density at radius 3 is 1.04 bits per heavy atom. The summed E-state index contributed by atoms with van der Waals surface area (Å²) in [6.07, 6.45) is 28.7. The van der Waals surface area contributed by atoms with Crippen LogP contribution >= 0.6 is 0 Å². The van der Waals surface area contributed by atoms with Gasteiger partial charge in [0.05, 0.1) is 0 Å². The van der Waals surface area contributed by atoms with Crippen LogP contribution in [-0.2, 0) is 34.8 Å². The fourth-order valence-corrected chi connectivity index (χ4v) is 15.4. The molecule has 0 heterocycles. The molecule has 0 bridgehead atoms. The number of ether oxygens (including phenoxy) is 2. The van der Waals surface area contributed by atoms with Gasteiger partial charge in [0, 0.05) is 0 Å². The number of carbonyl (C=O) groups excluding carboxylic acids is 4. The van der Waals surface area contributed by atoms with E-state index >= 15 is 0 Å². The molecule has 0 unspecified atom stereocenters. The zero-order valence-corrected chi connectivity index (χ0v) is 36.5. The van der Waals surface area contributed by atoms with Crippen LogP contribution in [0.2, 0.25) is 8.87 Å². The van der Waals surface area contributed by atoms with Gasteiger partial charge in [-0.3, -0.25) is 0 Å². The Morgan fingerprint density at radius 2 is 0.725 bits per heavy atom. The molecule has 0 saturated carbocycles. The van der Waals surface area contributed by atoms with Crippen LogP contribution in [0.3, 0.4) is 0 Å². The number of carbonyl (C=O) groups is 4. The molecule has 0 aliphatic carbocycles. The molecule has 0 aromatic rings. The number of esters is 2. The summed E-state index contributed by atoms with van der Waals surface area (Å²) >= 11 is -4.27. The fourth-order valence-electron chi connectivity index (χ4n) is 5.82. The molecule has 0 amide bonds. The van der Waals surface area contributed by atoms with Crippen LogP contribution < -0.4 is 0 Å². The maximum atomic E-state index is 12.9. The number of unbranched alkanes of at least 4 members (excludes halogenated alkanes) is 16. The number of hydrogen-bond acceptors (Lipinski definition) is 8. The summed E-state index contributed by atoms with van der Waals surface area (Å²) in [5, 5.41) is 0. The second-order valence-electron chi connectivity index (χ2n) is 15.0. The molecule has 0 saturated heterocycles. The van der Waals surface area contributed by atoms with Gasteiger partial charge in [0.2, 0.25) is 0 Å². The predicted molar refractivity (Wildman–Crippen MR) is 210 cm³/mol. The van der Waals surface area contributed by atoms with Crippen molar-refractivity contribution in [2.24, 2.45) is 11.8 Å². The Morgan fingerprint density at radius 1 is 0.431 bits per heavy atom. The normalized spacial score (nSPS) is 11.9. The summed E-state index contributed by atoms with van der Waals surface area (Å²) in [5.41, 5.74) is 0. The van der Waals surface area contributed by atoms with Gasteiger partial charge in [-0.1, -0.05) is 79.1 Å². The topological polar surface area (TPSA) is 105 Å². The zero-order chi connectivity index (χ0) is 38.0. The van der Waals surface area contributed by atoms with Crippen molar-refractivity contribution in [3.05, 3.63) is 24.3 Å². The summed E-state index contributed by atoms with van der Waals surface area (Å²) in [6.45, 7) is 13.8. The van der Waals surface area contributed by atoms with Crippen LogP contribution in [0.15, 0.2) is 24.3 Å². The summed E-state index contributed by atoms with van der Waals surface area (Å²) < 4.78 is 23.4. The third-order valence-corrected chi connectivity index (χ3v) is 18.6. The standard InChI is InChI=1S/2C17H30O4.2C4H9.Sn/c2*1-15(2)11-9-7-5-3-4-6-8-10-14-21-17(20)13-12-16(18)19;2*1-3-4-2;/h2*12-13,15H,3-11,14H2,1-2H3,(H,18,19);2*1,3-4H2,2H3;/q;;;;+2/p-2/b2*13-12+;;;.